The molecule has 0 aromatic heterocycles. The van der Waals surface area contributed by atoms with Crippen molar-refractivity contribution in [3.8, 4) is 0 Å². The summed E-state index contributed by atoms with van der Waals surface area (Å²) in [6.07, 6.45) is 3.48. The highest BCUT2D eigenvalue weighted by Gasteiger charge is 2.41. The number of rotatable bonds is 9. The van der Waals surface area contributed by atoms with Crippen LogP contribution in [-0.2, 0) is 20.8 Å². The molecule has 4 atom stereocenters. The van der Waals surface area contributed by atoms with Gasteiger partial charge in [-0.3, -0.25) is 14.4 Å². The molecule has 2 fully saturated rings. The topological polar surface area (TPSA) is 137 Å². The van der Waals surface area contributed by atoms with Crippen LogP contribution in [0.1, 0.15) is 44.1 Å². The first-order valence-corrected chi connectivity index (χ1v) is 12.3. The largest absolute Gasteiger partial charge is 0.381 e. The van der Waals surface area contributed by atoms with E-state index in [1.54, 1.807) is 11.9 Å². The number of likely N-dealkylation sites (tertiary alicyclic amines) is 1. The van der Waals surface area contributed by atoms with Gasteiger partial charge in [0.1, 0.15) is 6.04 Å². The summed E-state index contributed by atoms with van der Waals surface area (Å²) in [7, 11) is 3.21. The third-order valence-electron chi connectivity index (χ3n) is 7.26. The second-order valence-electron chi connectivity index (χ2n) is 9.49. The zero-order valence-corrected chi connectivity index (χ0v) is 20.2. The molecule has 1 aromatic rings. The van der Waals surface area contributed by atoms with Gasteiger partial charge in [-0.15, -0.1) is 0 Å². The molecule has 1 aromatic carbocycles. The highest BCUT2D eigenvalue weighted by molar-refractivity contribution is 5.91. The van der Waals surface area contributed by atoms with Gasteiger partial charge in [-0.2, -0.15) is 0 Å². The zero-order valence-electron chi connectivity index (χ0n) is 20.2. The first-order valence-electron chi connectivity index (χ1n) is 12.3. The van der Waals surface area contributed by atoms with Crippen LogP contribution in [0.5, 0.6) is 0 Å². The number of benzene rings is 1. The molecule has 0 radical (unpaired) electrons. The van der Waals surface area contributed by atoms with Crippen LogP contribution in [0.3, 0.4) is 0 Å². The summed E-state index contributed by atoms with van der Waals surface area (Å²) in [5, 5.41) is 19.2. The Balaban J connectivity index is 1.71. The number of aliphatic hydroxyl groups is 1. The maximum Gasteiger partial charge on any atom is 0.250 e. The number of nitrogens with zero attached hydrogens (tertiary/aromatic N) is 1. The molecule has 3 amide bonds. The SMILES string of the molecule is CNC(=O)[C@H](O)[C@@H](NC(=O)[C@@H]1CCCN1C(=O)[C@@H](Cc1ccccc1)NC)C1CCC(N)CC1. The van der Waals surface area contributed by atoms with Crippen molar-refractivity contribution in [3.05, 3.63) is 35.9 Å². The second kappa shape index (κ2) is 12.3. The predicted octanol–water partition coefficient (Wildman–Crippen LogP) is -0.0827. The van der Waals surface area contributed by atoms with Crippen molar-refractivity contribution >= 4 is 17.7 Å². The molecule has 1 saturated carbocycles. The number of likely N-dealkylation sites (N-methyl/N-ethyl adjacent to an activating group) is 2. The van der Waals surface area contributed by atoms with E-state index in [0.29, 0.717) is 19.4 Å². The molecule has 1 saturated heterocycles. The van der Waals surface area contributed by atoms with E-state index in [1.807, 2.05) is 30.3 Å². The fraction of sp³-hybridized carbons (Fsp3) is 0.640. The van der Waals surface area contributed by atoms with Gasteiger partial charge in [0.2, 0.25) is 11.8 Å². The van der Waals surface area contributed by atoms with Crippen molar-refractivity contribution in [3.63, 3.8) is 0 Å². The summed E-state index contributed by atoms with van der Waals surface area (Å²) in [6, 6.07) is 8.09. The summed E-state index contributed by atoms with van der Waals surface area (Å²) in [5.74, 6) is -1.01. The van der Waals surface area contributed by atoms with E-state index in [4.69, 9.17) is 5.73 Å². The van der Waals surface area contributed by atoms with Gasteiger partial charge in [-0.1, -0.05) is 30.3 Å². The summed E-state index contributed by atoms with van der Waals surface area (Å²) < 4.78 is 0. The Kier molecular flexibility index (Phi) is 9.44. The van der Waals surface area contributed by atoms with Crippen molar-refractivity contribution in [1.82, 2.24) is 20.9 Å². The Labute approximate surface area is 201 Å². The van der Waals surface area contributed by atoms with Crippen molar-refractivity contribution in [2.24, 2.45) is 11.7 Å². The second-order valence-corrected chi connectivity index (χ2v) is 9.49. The molecule has 188 valence electrons. The van der Waals surface area contributed by atoms with Crippen LogP contribution in [0.4, 0.5) is 0 Å². The van der Waals surface area contributed by atoms with Crippen LogP contribution in [0.25, 0.3) is 0 Å². The highest BCUT2D eigenvalue weighted by atomic mass is 16.3. The molecule has 9 nitrogen and oxygen atoms in total. The smallest absolute Gasteiger partial charge is 0.250 e. The Bertz CT molecular complexity index is 828. The molecule has 1 heterocycles. The summed E-state index contributed by atoms with van der Waals surface area (Å²) >= 11 is 0. The lowest BCUT2D eigenvalue weighted by Gasteiger charge is -2.36. The normalized spacial score (nSPS) is 25.3. The first kappa shape index (κ1) is 26.1. The highest BCUT2D eigenvalue weighted by Crippen LogP contribution is 2.28. The minimum absolute atomic E-state index is 0.0512. The maximum absolute atomic E-state index is 13.4. The molecule has 0 unspecified atom stereocenters. The Morgan fingerprint density at radius 2 is 1.76 bits per heavy atom. The summed E-state index contributed by atoms with van der Waals surface area (Å²) in [5.41, 5.74) is 7.07. The number of hydrogen-bond acceptors (Lipinski definition) is 6. The molecule has 34 heavy (non-hydrogen) atoms. The van der Waals surface area contributed by atoms with E-state index >= 15 is 0 Å². The van der Waals surface area contributed by atoms with E-state index in [0.717, 1.165) is 37.7 Å². The van der Waals surface area contributed by atoms with Gasteiger partial charge < -0.3 is 31.7 Å². The zero-order chi connectivity index (χ0) is 24.7. The number of aliphatic hydroxyl groups excluding tert-OH is 1. The Hall–Kier alpha value is -2.49. The average Bonchev–Trinajstić information content (AvgIpc) is 3.36. The lowest BCUT2D eigenvalue weighted by Crippen LogP contribution is -2.59. The minimum atomic E-state index is -1.36. The quantitative estimate of drug-likeness (QED) is 0.340. The van der Waals surface area contributed by atoms with Gasteiger partial charge >= 0.3 is 0 Å². The van der Waals surface area contributed by atoms with Crippen LogP contribution >= 0.6 is 0 Å². The van der Waals surface area contributed by atoms with Gasteiger partial charge in [0.25, 0.3) is 5.91 Å². The monoisotopic (exact) mass is 473 g/mol. The van der Waals surface area contributed by atoms with Crippen LogP contribution in [-0.4, -0.2) is 78.6 Å². The third-order valence-corrected chi connectivity index (χ3v) is 7.26. The lowest BCUT2D eigenvalue weighted by molar-refractivity contribution is -0.141. The molecule has 1 aliphatic carbocycles. The molecule has 3 rings (SSSR count). The molecule has 6 N–H and O–H groups in total. The van der Waals surface area contributed by atoms with E-state index in [9.17, 15) is 19.5 Å². The van der Waals surface area contributed by atoms with E-state index in [-0.39, 0.29) is 23.8 Å². The van der Waals surface area contributed by atoms with Gasteiger partial charge in [0, 0.05) is 19.6 Å². The average molecular weight is 474 g/mol. The van der Waals surface area contributed by atoms with Crippen LogP contribution in [0.2, 0.25) is 0 Å². The maximum atomic E-state index is 13.4. The van der Waals surface area contributed by atoms with Crippen molar-refractivity contribution in [2.45, 2.75) is 75.2 Å². The number of amides is 3. The van der Waals surface area contributed by atoms with Crippen LogP contribution < -0.4 is 21.7 Å². The number of nitrogens with two attached hydrogens (primary N) is 1. The molecule has 0 bridgehead atoms. The number of hydrogen-bond donors (Lipinski definition) is 5. The Morgan fingerprint density at radius 3 is 2.38 bits per heavy atom. The molecule has 0 spiro atoms. The van der Waals surface area contributed by atoms with Gasteiger partial charge in [0.15, 0.2) is 6.10 Å². The van der Waals surface area contributed by atoms with E-state index < -0.39 is 30.1 Å². The fourth-order valence-corrected chi connectivity index (χ4v) is 5.20. The van der Waals surface area contributed by atoms with Crippen molar-refractivity contribution in [1.29, 1.82) is 0 Å². The number of nitrogens with one attached hydrogen (secondary N) is 3. The van der Waals surface area contributed by atoms with Crippen molar-refractivity contribution in [2.75, 3.05) is 20.6 Å². The standard InChI is InChI=1S/C25H39N5O4/c1-27-19(15-16-7-4-3-5-8-16)25(34)30-14-6-9-20(30)23(32)29-21(22(31)24(33)28-2)17-10-12-18(26)13-11-17/h3-5,7-8,17-22,27,31H,6,9-15,26H2,1-2H3,(H,28,33)(H,29,32)/t17?,18?,19-,20+,21+,22-/m1/s1. The molecule has 9 heteroatoms. The van der Waals surface area contributed by atoms with Crippen molar-refractivity contribution < 1.29 is 19.5 Å². The number of carbonyl (C=O) groups excluding carboxylic acids is 3. The van der Waals surface area contributed by atoms with E-state index in [2.05, 4.69) is 16.0 Å². The predicted molar refractivity (Wildman–Crippen MR) is 130 cm³/mol. The minimum Gasteiger partial charge on any atom is -0.381 e. The van der Waals surface area contributed by atoms with Crippen LogP contribution in [0.15, 0.2) is 30.3 Å². The van der Waals surface area contributed by atoms with Gasteiger partial charge in [0.05, 0.1) is 12.1 Å². The third kappa shape index (κ3) is 6.34. The molecular weight excluding hydrogens is 434 g/mol. The van der Waals surface area contributed by atoms with E-state index in [1.165, 1.54) is 7.05 Å². The summed E-state index contributed by atoms with van der Waals surface area (Å²) in [6.45, 7) is 0.505. The molecule has 1 aliphatic heterocycles. The fourth-order valence-electron chi connectivity index (χ4n) is 5.20. The van der Waals surface area contributed by atoms with Gasteiger partial charge in [-0.25, -0.2) is 0 Å². The van der Waals surface area contributed by atoms with Crippen LogP contribution in [0, 0.1) is 5.92 Å². The number of carbonyl (C=O) groups is 3. The molecule has 2 aliphatic rings. The first-order chi connectivity index (χ1) is 16.3. The molecular formula is C25H39N5O4. The Morgan fingerprint density at radius 1 is 1.09 bits per heavy atom. The summed E-state index contributed by atoms with van der Waals surface area (Å²) in [4.78, 5) is 40.6. The lowest BCUT2D eigenvalue weighted by atomic mass is 9.79. The van der Waals surface area contributed by atoms with Gasteiger partial charge in [-0.05, 0) is 63.5 Å².